The zero-order valence-corrected chi connectivity index (χ0v) is 19.7. The maximum atomic E-state index is 13.2. The van der Waals surface area contributed by atoms with E-state index in [9.17, 15) is 18.0 Å². The molecule has 1 aliphatic heterocycles. The predicted molar refractivity (Wildman–Crippen MR) is 136 cm³/mol. The van der Waals surface area contributed by atoms with Crippen LogP contribution in [0.4, 0.5) is 30.2 Å². The molecule has 8 heteroatoms. The van der Waals surface area contributed by atoms with Gasteiger partial charge in [0.05, 0.1) is 11.1 Å². The van der Waals surface area contributed by atoms with Crippen LogP contribution >= 0.6 is 0 Å². The summed E-state index contributed by atoms with van der Waals surface area (Å²) < 4.78 is 39.2. The average Bonchev–Trinajstić information content (AvgIpc) is 2.88. The molecule has 0 spiro atoms. The first kappa shape index (κ1) is 23.7. The third-order valence-electron chi connectivity index (χ3n) is 6.39. The van der Waals surface area contributed by atoms with Crippen LogP contribution in [-0.2, 0) is 6.18 Å². The fourth-order valence-corrected chi connectivity index (χ4v) is 4.49. The minimum absolute atomic E-state index is 0.0445. The van der Waals surface area contributed by atoms with E-state index in [0.29, 0.717) is 35.4 Å². The summed E-state index contributed by atoms with van der Waals surface area (Å²) in [5.41, 5.74) is 3.72. The molecule has 0 atom stereocenters. The first-order valence-corrected chi connectivity index (χ1v) is 11.7. The minimum Gasteiger partial charge on any atom is -0.368 e. The van der Waals surface area contributed by atoms with Crippen molar-refractivity contribution in [1.29, 1.82) is 0 Å². The van der Waals surface area contributed by atoms with Gasteiger partial charge in [-0.1, -0.05) is 24.3 Å². The highest BCUT2D eigenvalue weighted by atomic mass is 19.4. The molecule has 1 aromatic heterocycles. The fourth-order valence-electron chi connectivity index (χ4n) is 4.49. The standard InChI is InChI=1S/C28H25F3N4O/c1-19-4-2-7-23(16-19)34-12-14-35(15-13-34)27(36)20-5-3-6-22(17-20)33-25-10-11-32-26-18-21(28(29,30)31)8-9-24(25)26/h2-11,16-18H,12-15H2,1H3,(H,32,33). The molecule has 1 amide bonds. The maximum absolute atomic E-state index is 13.2. The highest BCUT2D eigenvalue weighted by molar-refractivity contribution is 5.97. The SMILES string of the molecule is Cc1cccc(N2CCN(C(=O)c3cccc(Nc4ccnc5cc(C(F)(F)F)ccc45)c3)CC2)c1. The molecule has 5 nitrogen and oxygen atoms in total. The van der Waals surface area contributed by atoms with Crippen LogP contribution in [0.25, 0.3) is 10.9 Å². The number of pyridine rings is 1. The number of nitrogens with zero attached hydrogens (tertiary/aromatic N) is 3. The lowest BCUT2D eigenvalue weighted by atomic mass is 10.1. The molecule has 2 heterocycles. The highest BCUT2D eigenvalue weighted by Crippen LogP contribution is 2.33. The molecule has 0 radical (unpaired) electrons. The Morgan fingerprint density at radius 1 is 0.917 bits per heavy atom. The lowest BCUT2D eigenvalue weighted by Crippen LogP contribution is -2.48. The summed E-state index contributed by atoms with van der Waals surface area (Å²) in [6.45, 7) is 4.84. The van der Waals surface area contributed by atoms with Crippen molar-refractivity contribution in [3.05, 3.63) is 95.7 Å². The molecule has 4 aromatic rings. The van der Waals surface area contributed by atoms with Crippen LogP contribution in [0.2, 0.25) is 0 Å². The zero-order chi connectivity index (χ0) is 25.3. The minimum atomic E-state index is -4.43. The van der Waals surface area contributed by atoms with Gasteiger partial charge in [0.15, 0.2) is 0 Å². The number of piperazine rings is 1. The number of alkyl halides is 3. The number of hydrogen-bond donors (Lipinski definition) is 1. The quantitative estimate of drug-likeness (QED) is 0.366. The number of hydrogen-bond acceptors (Lipinski definition) is 4. The van der Waals surface area contributed by atoms with Gasteiger partial charge in [-0.3, -0.25) is 9.78 Å². The van der Waals surface area contributed by atoms with Gasteiger partial charge >= 0.3 is 6.18 Å². The molecule has 5 rings (SSSR count). The molecule has 1 N–H and O–H groups in total. The molecule has 1 saturated heterocycles. The van der Waals surface area contributed by atoms with Crippen LogP contribution in [-0.4, -0.2) is 42.0 Å². The summed E-state index contributed by atoms with van der Waals surface area (Å²) in [6, 6.07) is 20.7. The Balaban J connectivity index is 1.30. The van der Waals surface area contributed by atoms with E-state index in [4.69, 9.17) is 0 Å². The van der Waals surface area contributed by atoms with Crippen LogP contribution in [0.15, 0.2) is 79.0 Å². The van der Waals surface area contributed by atoms with Crippen molar-refractivity contribution in [3.63, 3.8) is 0 Å². The van der Waals surface area contributed by atoms with Gasteiger partial charge in [-0.05, 0) is 61.0 Å². The average molecular weight is 491 g/mol. The second kappa shape index (κ2) is 9.53. The van der Waals surface area contributed by atoms with Gasteiger partial charge < -0.3 is 15.1 Å². The van der Waals surface area contributed by atoms with E-state index in [0.717, 1.165) is 25.2 Å². The normalized spacial score (nSPS) is 14.2. The van der Waals surface area contributed by atoms with E-state index in [1.54, 1.807) is 24.3 Å². The van der Waals surface area contributed by atoms with E-state index >= 15 is 0 Å². The number of nitrogens with one attached hydrogen (secondary N) is 1. The van der Waals surface area contributed by atoms with Crippen LogP contribution in [0.5, 0.6) is 0 Å². The van der Waals surface area contributed by atoms with Gasteiger partial charge in [0.25, 0.3) is 5.91 Å². The van der Waals surface area contributed by atoms with E-state index in [2.05, 4.69) is 40.3 Å². The van der Waals surface area contributed by atoms with Crippen molar-refractivity contribution in [2.45, 2.75) is 13.1 Å². The maximum Gasteiger partial charge on any atom is 0.416 e. The summed E-state index contributed by atoms with van der Waals surface area (Å²) in [7, 11) is 0. The number of amides is 1. The molecular formula is C28H25F3N4O. The summed E-state index contributed by atoms with van der Waals surface area (Å²) in [5, 5.41) is 3.80. The van der Waals surface area contributed by atoms with Crippen molar-refractivity contribution in [2.75, 3.05) is 36.4 Å². The van der Waals surface area contributed by atoms with E-state index < -0.39 is 11.7 Å². The lowest BCUT2D eigenvalue weighted by Gasteiger charge is -2.36. The number of aromatic nitrogens is 1. The number of carbonyl (C=O) groups is 1. The molecule has 0 unspecified atom stereocenters. The second-order valence-corrected chi connectivity index (χ2v) is 8.91. The van der Waals surface area contributed by atoms with E-state index in [1.807, 2.05) is 17.0 Å². The van der Waals surface area contributed by atoms with Crippen molar-refractivity contribution in [3.8, 4) is 0 Å². The van der Waals surface area contributed by atoms with Gasteiger partial charge in [0, 0.05) is 60.4 Å². The Labute approximate surface area is 207 Å². The van der Waals surface area contributed by atoms with Crippen LogP contribution in [0.3, 0.4) is 0 Å². The van der Waals surface area contributed by atoms with Crippen LogP contribution in [0, 0.1) is 6.92 Å². The molecule has 1 fully saturated rings. The first-order valence-electron chi connectivity index (χ1n) is 11.7. The molecule has 0 aliphatic carbocycles. The van der Waals surface area contributed by atoms with Crippen LogP contribution in [0.1, 0.15) is 21.5 Å². The second-order valence-electron chi connectivity index (χ2n) is 8.91. The highest BCUT2D eigenvalue weighted by Gasteiger charge is 2.30. The van der Waals surface area contributed by atoms with Gasteiger partial charge in [-0.2, -0.15) is 13.2 Å². The molecule has 0 saturated carbocycles. The predicted octanol–water partition coefficient (Wildman–Crippen LogP) is 6.27. The Morgan fingerprint density at radius 3 is 2.44 bits per heavy atom. The smallest absolute Gasteiger partial charge is 0.368 e. The first-order chi connectivity index (χ1) is 17.3. The Hall–Kier alpha value is -4.07. The third kappa shape index (κ3) is 4.98. The monoisotopic (exact) mass is 490 g/mol. The number of rotatable bonds is 4. The molecule has 184 valence electrons. The van der Waals surface area contributed by atoms with Crippen LogP contribution < -0.4 is 10.2 Å². The number of fused-ring (bicyclic) bond motifs is 1. The van der Waals surface area contributed by atoms with Crippen molar-refractivity contribution < 1.29 is 18.0 Å². The Kier molecular flexibility index (Phi) is 6.26. The fraction of sp³-hybridized carbons (Fsp3) is 0.214. The summed E-state index contributed by atoms with van der Waals surface area (Å²) in [4.78, 5) is 21.4. The third-order valence-corrected chi connectivity index (χ3v) is 6.39. The lowest BCUT2D eigenvalue weighted by molar-refractivity contribution is -0.137. The Bertz CT molecular complexity index is 1410. The van der Waals surface area contributed by atoms with Crippen molar-refractivity contribution in [2.24, 2.45) is 0 Å². The van der Waals surface area contributed by atoms with Crippen molar-refractivity contribution >= 4 is 33.9 Å². The summed E-state index contributed by atoms with van der Waals surface area (Å²) in [5.74, 6) is -0.0445. The van der Waals surface area contributed by atoms with Gasteiger partial charge in [-0.15, -0.1) is 0 Å². The summed E-state index contributed by atoms with van der Waals surface area (Å²) in [6.07, 6.45) is -2.97. The van der Waals surface area contributed by atoms with Crippen molar-refractivity contribution in [1.82, 2.24) is 9.88 Å². The summed E-state index contributed by atoms with van der Waals surface area (Å²) >= 11 is 0. The largest absolute Gasteiger partial charge is 0.416 e. The van der Waals surface area contributed by atoms with E-state index in [1.165, 1.54) is 23.5 Å². The number of halogens is 3. The number of aryl methyl sites for hydroxylation is 1. The number of carbonyl (C=O) groups excluding carboxylic acids is 1. The molecule has 36 heavy (non-hydrogen) atoms. The topological polar surface area (TPSA) is 48.5 Å². The number of anilines is 3. The Morgan fingerprint density at radius 2 is 1.69 bits per heavy atom. The zero-order valence-electron chi connectivity index (χ0n) is 19.7. The molecular weight excluding hydrogens is 465 g/mol. The van der Waals surface area contributed by atoms with E-state index in [-0.39, 0.29) is 11.4 Å². The number of benzene rings is 3. The molecule has 1 aliphatic rings. The molecule has 3 aromatic carbocycles. The van der Waals surface area contributed by atoms with Gasteiger partial charge in [0.2, 0.25) is 0 Å². The molecule has 0 bridgehead atoms. The van der Waals surface area contributed by atoms with Gasteiger partial charge in [-0.25, -0.2) is 0 Å². The van der Waals surface area contributed by atoms with Gasteiger partial charge in [0.1, 0.15) is 0 Å².